The Morgan fingerprint density at radius 2 is 0.977 bits per heavy atom. The number of nitriles is 2. The molecule has 0 aliphatic carbocycles. The zero-order valence-corrected chi connectivity index (χ0v) is 50.9. The van der Waals surface area contributed by atoms with Gasteiger partial charge in [-0.25, -0.2) is 35.1 Å². The van der Waals surface area contributed by atoms with Gasteiger partial charge in [-0.05, 0) is 120 Å². The van der Waals surface area contributed by atoms with Gasteiger partial charge in [0.15, 0.2) is 23.3 Å². The molecular weight excluding hydrogens is 1150 g/mol. The quantitative estimate of drug-likeness (QED) is 0.0595. The van der Waals surface area contributed by atoms with Crippen LogP contribution in [0.15, 0.2) is 126 Å². The maximum absolute atomic E-state index is 13.3. The first-order valence-electron chi connectivity index (χ1n) is 27.0. The third-order valence-corrected chi connectivity index (χ3v) is 13.6. The number of rotatable bonds is 9. The van der Waals surface area contributed by atoms with Crippen molar-refractivity contribution in [2.75, 3.05) is 0 Å². The van der Waals surface area contributed by atoms with Crippen LogP contribution in [0.3, 0.4) is 0 Å². The standard InChI is InChI=1S/2C10H10FN.C10H11NOS.C9H8F4.2C9H10FNO2.C8H10FN/c1-7(2)9-5-8(6-12)3-4-10(9)11;1-7(2)9-5-3-4-8(6-12)10(9)11;1-7(2)11-10(12)8-5-3-4-6-9(8)13-11;1-4(2)7-8(12)5(10)3-6(11)9(7)13;1-6(2)8-5-7(11(12)13)3-4-9(8)10;1-6(2)7-4-3-5-8(9(7)10)11(12)13;1-6(2)7-5-10-4-3-8(7)9/h2*3-5,7H,1-2H3;3-7H,1-2H3;3-4H,1-2H3;2*3-6H,1-2H3;3-6H,1-2H3. The van der Waals surface area contributed by atoms with E-state index >= 15 is 0 Å². The molecule has 86 heavy (non-hydrogen) atoms. The Bertz CT molecular complexity index is 3660. The summed E-state index contributed by atoms with van der Waals surface area (Å²) < 4.78 is 119. The van der Waals surface area contributed by atoms with Crippen LogP contribution in [0.4, 0.5) is 50.9 Å². The number of hydrogen-bond donors (Lipinski definition) is 0. The summed E-state index contributed by atoms with van der Waals surface area (Å²) in [4.78, 5) is 35.1. The molecule has 0 aliphatic rings. The molecule has 0 radical (unpaired) electrons. The lowest BCUT2D eigenvalue weighted by atomic mass is 10.0. The Morgan fingerprint density at radius 3 is 1.42 bits per heavy atom. The highest BCUT2D eigenvalue weighted by molar-refractivity contribution is 7.13. The van der Waals surface area contributed by atoms with Gasteiger partial charge in [0.1, 0.15) is 29.3 Å². The monoisotopic (exact) mass is 1220 g/mol. The minimum Gasteiger partial charge on any atom is -0.268 e. The zero-order valence-electron chi connectivity index (χ0n) is 50.1. The minimum absolute atomic E-state index is 0.0418. The SMILES string of the molecule is CC(C)c1c(F)c(F)cc(F)c1F.CC(C)c1cc(C#N)ccc1F.CC(C)c1cc([N+](=O)[O-])ccc1F.CC(C)c1cccc(C#N)c1F.CC(C)c1cccc([N+](=O)[O-])c1F.CC(C)c1cnccc1F.CC(C)n1sc2ccccc2c1=O. The molecular formula is C65H69F9N6O5S. The molecule has 21 heteroatoms. The van der Waals surface area contributed by atoms with Crippen molar-refractivity contribution in [2.24, 2.45) is 0 Å². The van der Waals surface area contributed by atoms with Crippen molar-refractivity contribution in [3.05, 3.63) is 249 Å². The van der Waals surface area contributed by atoms with Crippen molar-refractivity contribution in [1.82, 2.24) is 8.94 Å². The lowest BCUT2D eigenvalue weighted by molar-refractivity contribution is -0.387. The molecule has 6 aromatic carbocycles. The number of nitrogens with zero attached hydrogens (tertiary/aromatic N) is 6. The first kappa shape index (κ1) is 73.4. The lowest BCUT2D eigenvalue weighted by Crippen LogP contribution is -2.14. The third kappa shape index (κ3) is 21.4. The molecule has 0 atom stereocenters. The Morgan fingerprint density at radius 1 is 0.488 bits per heavy atom. The summed E-state index contributed by atoms with van der Waals surface area (Å²) in [5, 5.41) is 38.7. The van der Waals surface area contributed by atoms with Crippen LogP contribution >= 0.6 is 11.5 Å². The number of aromatic nitrogens is 2. The summed E-state index contributed by atoms with van der Waals surface area (Å²) in [5.41, 5.74) is 2.37. The number of hydrogen-bond acceptors (Lipinski definition) is 9. The number of non-ortho nitro benzene ring substituents is 1. The van der Waals surface area contributed by atoms with Crippen LogP contribution in [-0.4, -0.2) is 18.8 Å². The highest BCUT2D eigenvalue weighted by Crippen LogP contribution is 2.28. The average molecular weight is 1220 g/mol. The smallest absolute Gasteiger partial charge is 0.268 e. The Labute approximate surface area is 499 Å². The molecule has 0 aliphatic heterocycles. The van der Waals surface area contributed by atoms with E-state index in [2.05, 4.69) is 4.98 Å². The predicted molar refractivity (Wildman–Crippen MR) is 320 cm³/mol. The normalized spacial score (nSPS) is 10.5. The molecule has 0 saturated carbocycles. The van der Waals surface area contributed by atoms with Crippen molar-refractivity contribution in [3.8, 4) is 12.1 Å². The van der Waals surface area contributed by atoms with Crippen LogP contribution in [0.5, 0.6) is 0 Å². The maximum atomic E-state index is 13.3. The lowest BCUT2D eigenvalue weighted by Gasteiger charge is -2.09. The third-order valence-electron chi connectivity index (χ3n) is 12.3. The van der Waals surface area contributed by atoms with E-state index < -0.39 is 56.1 Å². The van der Waals surface area contributed by atoms with Gasteiger partial charge in [-0.15, -0.1) is 0 Å². The molecule has 8 aromatic rings. The summed E-state index contributed by atoms with van der Waals surface area (Å²) >= 11 is 1.54. The molecule has 458 valence electrons. The second-order valence-electron chi connectivity index (χ2n) is 21.1. The Hall–Kier alpha value is -8.69. The number of nitro benzene ring substituents is 2. The van der Waals surface area contributed by atoms with Crippen LogP contribution in [0, 0.1) is 95.2 Å². The molecule has 0 saturated heterocycles. The zero-order chi connectivity index (χ0) is 65.4. The molecule has 2 heterocycles. The van der Waals surface area contributed by atoms with Gasteiger partial charge < -0.3 is 0 Å². The van der Waals surface area contributed by atoms with Gasteiger partial charge in [0, 0.05) is 53.8 Å². The van der Waals surface area contributed by atoms with E-state index in [-0.39, 0.29) is 81.8 Å². The minimum atomic E-state index is -1.36. The van der Waals surface area contributed by atoms with Crippen LogP contribution < -0.4 is 5.56 Å². The predicted octanol–water partition coefficient (Wildman–Crippen LogP) is 19.7. The van der Waals surface area contributed by atoms with Crippen molar-refractivity contribution in [2.45, 2.75) is 138 Å². The Balaban J connectivity index is 0.000000343. The van der Waals surface area contributed by atoms with Crippen molar-refractivity contribution in [3.63, 3.8) is 0 Å². The number of pyridine rings is 1. The number of fused-ring (bicyclic) bond motifs is 1. The van der Waals surface area contributed by atoms with E-state index in [0.717, 1.165) is 16.2 Å². The first-order chi connectivity index (χ1) is 40.2. The Kier molecular flexibility index (Phi) is 29.8. The van der Waals surface area contributed by atoms with Gasteiger partial charge in [-0.1, -0.05) is 131 Å². The van der Waals surface area contributed by atoms with E-state index in [4.69, 9.17) is 10.5 Å². The maximum Gasteiger partial charge on any atom is 0.305 e. The van der Waals surface area contributed by atoms with Crippen molar-refractivity contribution < 1.29 is 49.4 Å². The van der Waals surface area contributed by atoms with E-state index in [0.29, 0.717) is 33.4 Å². The molecule has 11 nitrogen and oxygen atoms in total. The number of halogens is 9. The fraction of sp³-hybridized carbons (Fsp3) is 0.323. The van der Waals surface area contributed by atoms with E-state index in [1.54, 1.807) is 58.2 Å². The molecule has 0 amide bonds. The summed E-state index contributed by atoms with van der Waals surface area (Å²) in [7, 11) is 0. The van der Waals surface area contributed by atoms with Gasteiger partial charge in [0.25, 0.3) is 11.2 Å². The summed E-state index contributed by atoms with van der Waals surface area (Å²) in [6.45, 7) is 25.6. The summed E-state index contributed by atoms with van der Waals surface area (Å²) in [6.07, 6.45) is 3.03. The van der Waals surface area contributed by atoms with Gasteiger partial charge in [0.05, 0.1) is 37.1 Å². The summed E-state index contributed by atoms with van der Waals surface area (Å²) in [5.74, 6) is -7.43. The molecule has 8 rings (SSSR count). The topological polar surface area (TPSA) is 169 Å². The van der Waals surface area contributed by atoms with Gasteiger partial charge in [0.2, 0.25) is 5.82 Å². The van der Waals surface area contributed by atoms with Gasteiger partial charge in [-0.2, -0.15) is 14.9 Å². The van der Waals surface area contributed by atoms with Crippen molar-refractivity contribution in [1.29, 1.82) is 10.5 Å². The second-order valence-corrected chi connectivity index (χ2v) is 22.1. The van der Waals surface area contributed by atoms with Crippen molar-refractivity contribution >= 4 is 33.0 Å². The highest BCUT2D eigenvalue weighted by Gasteiger charge is 2.22. The molecule has 2 aromatic heterocycles. The fourth-order valence-corrected chi connectivity index (χ4v) is 8.59. The molecule has 0 bridgehead atoms. The fourth-order valence-electron chi connectivity index (χ4n) is 7.59. The highest BCUT2D eigenvalue weighted by atomic mass is 32.1. The van der Waals surface area contributed by atoms with Crippen LogP contribution in [0.1, 0.15) is 183 Å². The average Bonchev–Trinajstić information content (AvgIpc) is 3.24. The largest absolute Gasteiger partial charge is 0.305 e. The molecule has 0 spiro atoms. The van der Waals surface area contributed by atoms with E-state index in [9.17, 15) is 64.5 Å². The number of nitro groups is 2. The first-order valence-corrected chi connectivity index (χ1v) is 27.8. The van der Waals surface area contributed by atoms with E-state index in [1.807, 2.05) is 95.8 Å². The molecule has 0 fully saturated rings. The van der Waals surface area contributed by atoms with Gasteiger partial charge >= 0.3 is 5.69 Å². The van der Waals surface area contributed by atoms with Crippen LogP contribution in [0.25, 0.3) is 10.1 Å². The molecule has 0 unspecified atom stereocenters. The van der Waals surface area contributed by atoms with Gasteiger partial charge in [-0.3, -0.25) is 34.0 Å². The number of benzene rings is 6. The van der Waals surface area contributed by atoms with Crippen LogP contribution in [-0.2, 0) is 0 Å². The van der Waals surface area contributed by atoms with Crippen LogP contribution in [0.2, 0.25) is 0 Å². The second kappa shape index (κ2) is 34.9. The van der Waals surface area contributed by atoms with E-state index in [1.165, 1.54) is 80.1 Å². The summed E-state index contributed by atoms with van der Waals surface area (Å²) in [6, 6.07) is 30.5. The molecule has 0 N–H and O–H groups in total.